The van der Waals surface area contributed by atoms with Crippen LogP contribution in [0.1, 0.15) is 39.5 Å². The zero-order valence-corrected chi connectivity index (χ0v) is 7.55. The molecule has 0 spiro atoms. The summed E-state index contributed by atoms with van der Waals surface area (Å²) >= 11 is 0. The van der Waals surface area contributed by atoms with Crippen molar-refractivity contribution in [1.29, 1.82) is 0 Å². The van der Waals surface area contributed by atoms with E-state index < -0.39 is 0 Å². The zero-order chi connectivity index (χ0) is 8.53. The van der Waals surface area contributed by atoms with Crippen molar-refractivity contribution in [3.8, 4) is 0 Å². The first-order valence-electron chi connectivity index (χ1n) is 4.39. The van der Waals surface area contributed by atoms with E-state index in [2.05, 4.69) is 26.0 Å². The van der Waals surface area contributed by atoms with Gasteiger partial charge in [-0.15, -0.1) is 0 Å². The smallest absolute Gasteiger partial charge is 0.120 e. The van der Waals surface area contributed by atoms with Gasteiger partial charge in [0.2, 0.25) is 0 Å². The zero-order valence-electron chi connectivity index (χ0n) is 7.55. The van der Waals surface area contributed by atoms with Crippen LogP contribution in [-0.4, -0.2) is 6.29 Å². The third kappa shape index (κ3) is 7.31. The van der Waals surface area contributed by atoms with Gasteiger partial charge in [0.1, 0.15) is 6.29 Å². The summed E-state index contributed by atoms with van der Waals surface area (Å²) in [7, 11) is 0. The molecular weight excluding hydrogens is 136 g/mol. The Hall–Kier alpha value is -0.590. The number of hydrogen-bond donors (Lipinski definition) is 0. The average Bonchev–Trinajstić information content (AvgIpc) is 1.99. The van der Waals surface area contributed by atoms with Gasteiger partial charge in [0.15, 0.2) is 0 Å². The third-order valence-corrected chi connectivity index (χ3v) is 1.73. The molecule has 1 heteroatoms. The van der Waals surface area contributed by atoms with Crippen LogP contribution >= 0.6 is 0 Å². The number of rotatable bonds is 6. The predicted octanol–water partition coefficient (Wildman–Crippen LogP) is 2.96. The van der Waals surface area contributed by atoms with Crippen LogP contribution in [0.15, 0.2) is 12.2 Å². The molecule has 64 valence electrons. The summed E-state index contributed by atoms with van der Waals surface area (Å²) in [6.45, 7) is 4.25. The maximum atomic E-state index is 10.1. The van der Waals surface area contributed by atoms with E-state index in [0.717, 1.165) is 25.5 Å². The van der Waals surface area contributed by atoms with E-state index in [9.17, 15) is 4.79 Å². The average molecular weight is 154 g/mol. The molecule has 0 aliphatic rings. The standard InChI is InChI=1S/C10H18O/c1-3-4-5-6-7-10(2)8-9-11/h4-5,9-10H,3,6-8H2,1-2H3/b5-4+/t10-/m0/s1. The Bertz CT molecular complexity index is 116. The van der Waals surface area contributed by atoms with Gasteiger partial charge in [0.25, 0.3) is 0 Å². The van der Waals surface area contributed by atoms with Crippen molar-refractivity contribution in [3.05, 3.63) is 12.2 Å². The quantitative estimate of drug-likeness (QED) is 0.424. The highest BCUT2D eigenvalue weighted by molar-refractivity contribution is 5.49. The van der Waals surface area contributed by atoms with E-state index in [1.54, 1.807) is 0 Å². The van der Waals surface area contributed by atoms with Gasteiger partial charge in [0, 0.05) is 6.42 Å². The van der Waals surface area contributed by atoms with Gasteiger partial charge in [0.05, 0.1) is 0 Å². The van der Waals surface area contributed by atoms with Gasteiger partial charge >= 0.3 is 0 Å². The van der Waals surface area contributed by atoms with E-state index in [0.29, 0.717) is 12.3 Å². The minimum absolute atomic E-state index is 0.550. The van der Waals surface area contributed by atoms with Gasteiger partial charge in [-0.05, 0) is 25.2 Å². The van der Waals surface area contributed by atoms with Gasteiger partial charge in [-0.2, -0.15) is 0 Å². The maximum absolute atomic E-state index is 10.1. The second-order valence-corrected chi connectivity index (χ2v) is 2.96. The van der Waals surface area contributed by atoms with Gasteiger partial charge in [-0.1, -0.05) is 26.0 Å². The van der Waals surface area contributed by atoms with Crippen molar-refractivity contribution in [3.63, 3.8) is 0 Å². The molecule has 0 aromatic carbocycles. The molecule has 0 saturated heterocycles. The topological polar surface area (TPSA) is 17.1 Å². The molecule has 0 fully saturated rings. The molecule has 0 N–H and O–H groups in total. The van der Waals surface area contributed by atoms with Crippen LogP contribution in [0.5, 0.6) is 0 Å². The summed E-state index contributed by atoms with van der Waals surface area (Å²) in [6, 6.07) is 0. The molecule has 0 aromatic rings. The molecule has 0 bridgehead atoms. The van der Waals surface area contributed by atoms with Crippen molar-refractivity contribution in [1.82, 2.24) is 0 Å². The Balaban J connectivity index is 3.22. The summed E-state index contributed by atoms with van der Waals surface area (Å²) in [4.78, 5) is 10.1. The predicted molar refractivity (Wildman–Crippen MR) is 48.5 cm³/mol. The van der Waals surface area contributed by atoms with Crippen LogP contribution in [-0.2, 0) is 4.79 Å². The third-order valence-electron chi connectivity index (χ3n) is 1.73. The fourth-order valence-corrected chi connectivity index (χ4v) is 0.947. The minimum atomic E-state index is 0.550. The fraction of sp³-hybridized carbons (Fsp3) is 0.700. The lowest BCUT2D eigenvalue weighted by Gasteiger charge is -2.03. The van der Waals surface area contributed by atoms with Crippen LogP contribution in [0.2, 0.25) is 0 Å². The Morgan fingerprint density at radius 2 is 2.09 bits per heavy atom. The summed E-state index contributed by atoms with van der Waals surface area (Å²) in [5.41, 5.74) is 0. The van der Waals surface area contributed by atoms with Crippen LogP contribution in [0.3, 0.4) is 0 Å². The summed E-state index contributed by atoms with van der Waals surface area (Å²) in [5.74, 6) is 0.550. The summed E-state index contributed by atoms with van der Waals surface area (Å²) in [5, 5.41) is 0. The SMILES string of the molecule is CC/C=C/CC[C@H](C)CC=O. The lowest BCUT2D eigenvalue weighted by molar-refractivity contribution is -0.108. The lowest BCUT2D eigenvalue weighted by Crippen LogP contribution is -1.93. The van der Waals surface area contributed by atoms with E-state index in [4.69, 9.17) is 0 Å². The molecule has 0 saturated carbocycles. The van der Waals surface area contributed by atoms with Gasteiger partial charge in [-0.25, -0.2) is 0 Å². The number of carbonyl (C=O) groups is 1. The van der Waals surface area contributed by atoms with E-state index in [-0.39, 0.29) is 0 Å². The van der Waals surface area contributed by atoms with E-state index in [1.807, 2.05) is 0 Å². The molecule has 0 rings (SSSR count). The van der Waals surface area contributed by atoms with E-state index in [1.165, 1.54) is 0 Å². The van der Waals surface area contributed by atoms with Crippen LogP contribution < -0.4 is 0 Å². The van der Waals surface area contributed by atoms with Crippen molar-refractivity contribution in [2.45, 2.75) is 39.5 Å². The number of hydrogen-bond acceptors (Lipinski definition) is 1. The normalized spacial score (nSPS) is 13.6. The minimum Gasteiger partial charge on any atom is -0.303 e. The molecule has 1 nitrogen and oxygen atoms in total. The van der Waals surface area contributed by atoms with Crippen LogP contribution in [0.25, 0.3) is 0 Å². The van der Waals surface area contributed by atoms with Crippen molar-refractivity contribution in [2.75, 3.05) is 0 Å². The first-order chi connectivity index (χ1) is 5.31. The first-order valence-corrected chi connectivity index (χ1v) is 4.39. The molecule has 0 aliphatic heterocycles. The van der Waals surface area contributed by atoms with Gasteiger partial charge in [-0.3, -0.25) is 0 Å². The molecule has 0 heterocycles. The summed E-state index contributed by atoms with van der Waals surface area (Å²) in [6.07, 6.45) is 9.45. The largest absolute Gasteiger partial charge is 0.303 e. The van der Waals surface area contributed by atoms with Crippen molar-refractivity contribution < 1.29 is 4.79 Å². The fourth-order valence-electron chi connectivity index (χ4n) is 0.947. The Morgan fingerprint density at radius 3 is 2.64 bits per heavy atom. The van der Waals surface area contributed by atoms with Gasteiger partial charge < -0.3 is 4.79 Å². The molecule has 0 unspecified atom stereocenters. The molecule has 1 atom stereocenters. The van der Waals surface area contributed by atoms with Crippen LogP contribution in [0, 0.1) is 5.92 Å². The molecule has 0 radical (unpaired) electrons. The monoisotopic (exact) mass is 154 g/mol. The first kappa shape index (κ1) is 10.4. The van der Waals surface area contributed by atoms with Crippen molar-refractivity contribution >= 4 is 6.29 Å². The Labute approximate surface area is 69.5 Å². The van der Waals surface area contributed by atoms with E-state index >= 15 is 0 Å². The molecular formula is C10H18O. The number of aldehydes is 1. The highest BCUT2D eigenvalue weighted by Gasteiger charge is 1.97. The molecule has 0 aliphatic carbocycles. The highest BCUT2D eigenvalue weighted by atomic mass is 16.1. The Kier molecular flexibility index (Phi) is 7.11. The molecule has 0 aromatic heterocycles. The molecule has 11 heavy (non-hydrogen) atoms. The number of allylic oxidation sites excluding steroid dienone is 2. The second kappa shape index (κ2) is 7.52. The summed E-state index contributed by atoms with van der Waals surface area (Å²) < 4.78 is 0. The highest BCUT2D eigenvalue weighted by Crippen LogP contribution is 2.08. The van der Waals surface area contributed by atoms with Crippen molar-refractivity contribution in [2.24, 2.45) is 5.92 Å². The maximum Gasteiger partial charge on any atom is 0.120 e. The molecule has 0 amide bonds. The lowest BCUT2D eigenvalue weighted by atomic mass is 10.0. The van der Waals surface area contributed by atoms with Crippen LogP contribution in [0.4, 0.5) is 0 Å². The Morgan fingerprint density at radius 1 is 1.36 bits per heavy atom. The second-order valence-electron chi connectivity index (χ2n) is 2.96. The number of carbonyl (C=O) groups excluding carboxylic acids is 1.